The first-order valence-corrected chi connectivity index (χ1v) is 11.7. The summed E-state index contributed by atoms with van der Waals surface area (Å²) in [7, 11) is 1.52. The average molecular weight is 488 g/mol. The van der Waals surface area contributed by atoms with E-state index in [0.717, 1.165) is 16.8 Å². The van der Waals surface area contributed by atoms with Crippen molar-refractivity contribution in [1.29, 1.82) is 5.26 Å². The summed E-state index contributed by atoms with van der Waals surface area (Å²) in [5, 5.41) is 14.8. The monoisotopic (exact) mass is 487 g/mol. The van der Waals surface area contributed by atoms with E-state index in [0.29, 0.717) is 24.3 Å². The first kappa shape index (κ1) is 24.2. The van der Waals surface area contributed by atoms with E-state index < -0.39 is 5.41 Å². The van der Waals surface area contributed by atoms with Gasteiger partial charge < -0.3 is 15.5 Å². The van der Waals surface area contributed by atoms with Crippen LogP contribution in [0.1, 0.15) is 46.8 Å². The van der Waals surface area contributed by atoms with E-state index in [1.807, 2.05) is 30.3 Å². The number of anilines is 2. The minimum Gasteiger partial charge on any atom is -0.369 e. The van der Waals surface area contributed by atoms with Crippen molar-refractivity contribution in [3.63, 3.8) is 0 Å². The Kier molecular flexibility index (Phi) is 6.77. The molecule has 1 aliphatic rings. The summed E-state index contributed by atoms with van der Waals surface area (Å²) < 4.78 is 0. The van der Waals surface area contributed by atoms with E-state index in [9.17, 15) is 9.59 Å². The van der Waals surface area contributed by atoms with Gasteiger partial charge in [-0.25, -0.2) is 4.98 Å². The van der Waals surface area contributed by atoms with Crippen molar-refractivity contribution < 1.29 is 9.59 Å². The molecule has 0 radical (unpaired) electrons. The lowest BCUT2D eigenvalue weighted by Gasteiger charge is -2.51. The third-order valence-electron chi connectivity index (χ3n) is 6.41. The van der Waals surface area contributed by atoms with Crippen molar-refractivity contribution in [3.8, 4) is 6.07 Å². The summed E-state index contributed by atoms with van der Waals surface area (Å²) in [5.74, 6) is -0.364. The van der Waals surface area contributed by atoms with E-state index >= 15 is 0 Å². The number of carbonyl (C=O) groups excluding carboxylic acids is 2. The molecule has 1 fully saturated rings. The third kappa shape index (κ3) is 4.58. The van der Waals surface area contributed by atoms with Crippen LogP contribution < -0.4 is 15.5 Å². The Hall–Kier alpha value is -3.89. The van der Waals surface area contributed by atoms with Gasteiger partial charge in [-0.3, -0.25) is 9.59 Å². The number of halogens is 1. The molecule has 0 aliphatic carbocycles. The van der Waals surface area contributed by atoms with Gasteiger partial charge in [0.25, 0.3) is 5.91 Å². The van der Waals surface area contributed by atoms with Crippen LogP contribution >= 0.6 is 11.6 Å². The fourth-order valence-electron chi connectivity index (χ4n) is 4.50. The second-order valence-corrected chi connectivity index (χ2v) is 9.31. The van der Waals surface area contributed by atoms with E-state index in [1.54, 1.807) is 12.1 Å². The fraction of sp³-hybridized carbons (Fsp3) is 0.259. The summed E-state index contributed by atoms with van der Waals surface area (Å²) in [6, 6.07) is 18.9. The van der Waals surface area contributed by atoms with Crippen LogP contribution in [0.4, 0.5) is 11.4 Å². The Balaban J connectivity index is 1.72. The maximum atomic E-state index is 13.9. The van der Waals surface area contributed by atoms with Crippen LogP contribution in [0.2, 0.25) is 5.15 Å². The number of nitrogens with one attached hydrogen (secondary N) is 2. The first-order chi connectivity index (χ1) is 16.8. The predicted octanol–water partition coefficient (Wildman–Crippen LogP) is 4.49. The van der Waals surface area contributed by atoms with E-state index in [4.69, 9.17) is 16.9 Å². The number of carbonyl (C=O) groups is 2. The Labute approximate surface area is 209 Å². The van der Waals surface area contributed by atoms with Gasteiger partial charge in [-0.2, -0.15) is 5.26 Å². The lowest BCUT2D eigenvalue weighted by Crippen LogP contribution is -2.65. The van der Waals surface area contributed by atoms with E-state index in [1.165, 1.54) is 19.3 Å². The van der Waals surface area contributed by atoms with Crippen molar-refractivity contribution in [3.05, 3.63) is 88.2 Å². The van der Waals surface area contributed by atoms with Crippen molar-refractivity contribution in [2.45, 2.75) is 25.2 Å². The molecular weight excluding hydrogens is 462 g/mol. The Morgan fingerprint density at radius 3 is 2.46 bits per heavy atom. The molecule has 0 unspecified atom stereocenters. The molecule has 1 aliphatic heterocycles. The highest BCUT2D eigenvalue weighted by Gasteiger charge is 2.52. The van der Waals surface area contributed by atoms with Gasteiger partial charge in [0.1, 0.15) is 10.6 Å². The van der Waals surface area contributed by atoms with E-state index in [2.05, 4.69) is 46.5 Å². The van der Waals surface area contributed by atoms with Crippen LogP contribution in [-0.2, 0) is 10.2 Å². The van der Waals surface area contributed by atoms with Crippen LogP contribution in [0.3, 0.4) is 0 Å². The summed E-state index contributed by atoms with van der Waals surface area (Å²) in [5.41, 5.74) is 3.29. The van der Waals surface area contributed by atoms with Gasteiger partial charge in [0.15, 0.2) is 0 Å². The molecule has 0 saturated carbocycles. The molecule has 178 valence electrons. The first-order valence-electron chi connectivity index (χ1n) is 11.3. The summed E-state index contributed by atoms with van der Waals surface area (Å²) >= 11 is 6.01. The second kappa shape index (κ2) is 9.77. The SMILES string of the molecule is CNC(=O)c1cc(Cl)ncc1NC(=O)C1(c2ccccc2C(C)C)CN(c2ccc(C#N)cc2)C1. The highest BCUT2D eigenvalue weighted by Crippen LogP contribution is 2.42. The molecule has 2 N–H and O–H groups in total. The molecule has 4 rings (SSSR count). The smallest absolute Gasteiger partial charge is 0.253 e. The molecule has 2 heterocycles. The van der Waals surface area contributed by atoms with Gasteiger partial charge in [0, 0.05) is 25.8 Å². The van der Waals surface area contributed by atoms with Crippen LogP contribution in [0.5, 0.6) is 0 Å². The number of benzene rings is 2. The molecule has 1 aromatic heterocycles. The maximum absolute atomic E-state index is 13.9. The van der Waals surface area contributed by atoms with Crippen LogP contribution in [-0.4, -0.2) is 36.9 Å². The van der Waals surface area contributed by atoms with Gasteiger partial charge in [0.2, 0.25) is 5.91 Å². The molecule has 0 atom stereocenters. The zero-order valence-electron chi connectivity index (χ0n) is 19.8. The second-order valence-electron chi connectivity index (χ2n) is 8.92. The molecule has 0 spiro atoms. The van der Waals surface area contributed by atoms with Crippen molar-refractivity contribution in [2.75, 3.05) is 30.4 Å². The summed E-state index contributed by atoms with van der Waals surface area (Å²) in [6.45, 7) is 5.11. The number of rotatable bonds is 6. The highest BCUT2D eigenvalue weighted by molar-refractivity contribution is 6.30. The standard InChI is InChI=1S/C27H26ClN5O2/c1-17(2)20-6-4-5-7-22(20)27(15-33(16-27)19-10-8-18(13-29)9-11-19)26(35)32-23-14-31-24(28)12-21(23)25(34)30-3/h4-12,14,17H,15-16H2,1-3H3,(H,30,34)(H,32,35). The molecule has 2 amide bonds. The fourth-order valence-corrected chi connectivity index (χ4v) is 4.66. The molecule has 35 heavy (non-hydrogen) atoms. The van der Waals surface area contributed by atoms with E-state index in [-0.39, 0.29) is 28.4 Å². The largest absolute Gasteiger partial charge is 0.369 e. The van der Waals surface area contributed by atoms with Gasteiger partial charge >= 0.3 is 0 Å². The molecule has 1 saturated heterocycles. The third-order valence-corrected chi connectivity index (χ3v) is 6.61. The van der Waals surface area contributed by atoms with Crippen molar-refractivity contribution in [1.82, 2.24) is 10.3 Å². The van der Waals surface area contributed by atoms with Gasteiger partial charge in [-0.05, 0) is 47.4 Å². The van der Waals surface area contributed by atoms with Gasteiger partial charge in [-0.15, -0.1) is 0 Å². The van der Waals surface area contributed by atoms with Crippen molar-refractivity contribution in [2.24, 2.45) is 0 Å². The quantitative estimate of drug-likeness (QED) is 0.499. The van der Waals surface area contributed by atoms with Crippen molar-refractivity contribution >= 4 is 34.8 Å². The molecule has 3 aromatic rings. The van der Waals surface area contributed by atoms with Crippen LogP contribution in [0.15, 0.2) is 60.8 Å². The number of pyridine rings is 1. The summed E-state index contributed by atoms with van der Waals surface area (Å²) in [4.78, 5) is 32.5. The minimum absolute atomic E-state index is 0.164. The van der Waals surface area contributed by atoms with Crippen LogP contribution in [0.25, 0.3) is 0 Å². The number of amides is 2. The Bertz CT molecular complexity index is 1310. The number of hydrogen-bond acceptors (Lipinski definition) is 5. The lowest BCUT2D eigenvalue weighted by atomic mass is 9.69. The topological polar surface area (TPSA) is 98.1 Å². The lowest BCUT2D eigenvalue weighted by molar-refractivity contribution is -0.122. The Morgan fingerprint density at radius 2 is 1.83 bits per heavy atom. The minimum atomic E-state index is -0.839. The van der Waals surface area contributed by atoms with Gasteiger partial charge in [0.05, 0.1) is 29.1 Å². The number of nitrogens with zero attached hydrogens (tertiary/aromatic N) is 3. The van der Waals surface area contributed by atoms with Gasteiger partial charge in [-0.1, -0.05) is 49.7 Å². The highest BCUT2D eigenvalue weighted by atomic mass is 35.5. The zero-order valence-corrected chi connectivity index (χ0v) is 20.6. The average Bonchev–Trinajstić information content (AvgIpc) is 2.84. The zero-order chi connectivity index (χ0) is 25.2. The molecule has 2 aromatic carbocycles. The molecule has 0 bridgehead atoms. The molecule has 8 heteroatoms. The predicted molar refractivity (Wildman–Crippen MR) is 137 cm³/mol. The number of hydrogen-bond donors (Lipinski definition) is 2. The number of nitriles is 1. The summed E-state index contributed by atoms with van der Waals surface area (Å²) in [6.07, 6.45) is 1.41. The van der Waals surface area contributed by atoms with Crippen LogP contribution in [0, 0.1) is 11.3 Å². The Morgan fingerprint density at radius 1 is 1.14 bits per heavy atom. The number of aromatic nitrogens is 1. The molecule has 7 nitrogen and oxygen atoms in total. The normalized spacial score (nSPS) is 14.1. The molecular formula is C27H26ClN5O2. The maximum Gasteiger partial charge on any atom is 0.253 e.